The fourth-order valence-corrected chi connectivity index (χ4v) is 4.33. The third-order valence-electron chi connectivity index (χ3n) is 4.58. The number of rotatable bonds is 6. The Morgan fingerprint density at radius 2 is 1.81 bits per heavy atom. The van der Waals surface area contributed by atoms with Gasteiger partial charge >= 0.3 is 0 Å². The molecule has 0 radical (unpaired) electrons. The number of amides is 2. The Balaban J connectivity index is 1.57. The van der Waals surface area contributed by atoms with Gasteiger partial charge in [0, 0.05) is 17.1 Å². The van der Waals surface area contributed by atoms with Gasteiger partial charge in [0.2, 0.25) is 0 Å². The largest absolute Gasteiger partial charge is 0.484 e. The van der Waals surface area contributed by atoms with Gasteiger partial charge in [-0.1, -0.05) is 12.8 Å². The lowest BCUT2D eigenvalue weighted by molar-refractivity contribution is -0.122. The highest BCUT2D eigenvalue weighted by atomic mass is 32.1. The monoisotopic (exact) mass is 386 g/mol. The smallest absolute Gasteiger partial charge is 0.265 e. The molecule has 2 aromatic rings. The van der Waals surface area contributed by atoms with E-state index in [-0.39, 0.29) is 18.4 Å². The van der Waals surface area contributed by atoms with Gasteiger partial charge in [0.15, 0.2) is 6.61 Å². The van der Waals surface area contributed by atoms with Gasteiger partial charge in [-0.05, 0) is 68.5 Å². The summed E-state index contributed by atoms with van der Waals surface area (Å²) in [7, 11) is 0. The SMILES string of the molecule is CCNC(=O)COc1ccc(NC(=O)c2cc3c(s2)CCCCCC3)cc1. The summed E-state index contributed by atoms with van der Waals surface area (Å²) in [4.78, 5) is 26.2. The average Bonchev–Trinajstić information content (AvgIpc) is 3.03. The Morgan fingerprint density at radius 1 is 1.07 bits per heavy atom. The van der Waals surface area contributed by atoms with Crippen molar-refractivity contribution in [2.24, 2.45) is 0 Å². The molecular weight excluding hydrogens is 360 g/mol. The minimum Gasteiger partial charge on any atom is -0.484 e. The predicted molar refractivity (Wildman–Crippen MR) is 109 cm³/mol. The van der Waals surface area contributed by atoms with Crippen LogP contribution in [0, 0.1) is 0 Å². The standard InChI is InChI=1S/C21H26N2O3S/c1-2-22-20(24)14-26-17-11-9-16(10-12-17)23-21(25)19-13-15-7-5-3-4-6-8-18(15)27-19/h9-13H,2-8,14H2,1H3,(H,22,24)(H,23,25). The first-order valence-electron chi connectivity index (χ1n) is 9.58. The van der Waals surface area contributed by atoms with Gasteiger partial charge in [0.05, 0.1) is 4.88 Å². The van der Waals surface area contributed by atoms with Crippen molar-refractivity contribution < 1.29 is 14.3 Å². The van der Waals surface area contributed by atoms with E-state index in [1.807, 2.05) is 6.92 Å². The van der Waals surface area contributed by atoms with E-state index in [1.54, 1.807) is 35.6 Å². The summed E-state index contributed by atoms with van der Waals surface area (Å²) in [6.07, 6.45) is 7.16. The number of hydrogen-bond acceptors (Lipinski definition) is 4. The summed E-state index contributed by atoms with van der Waals surface area (Å²) in [6.45, 7) is 2.43. The highest BCUT2D eigenvalue weighted by Gasteiger charge is 2.16. The van der Waals surface area contributed by atoms with E-state index >= 15 is 0 Å². The molecule has 1 heterocycles. The normalized spacial score (nSPS) is 13.8. The van der Waals surface area contributed by atoms with Crippen molar-refractivity contribution >= 4 is 28.8 Å². The number of nitrogens with one attached hydrogen (secondary N) is 2. The number of carbonyl (C=O) groups excluding carboxylic acids is 2. The number of carbonyl (C=O) groups is 2. The van der Waals surface area contributed by atoms with Crippen molar-refractivity contribution in [2.45, 2.75) is 45.4 Å². The number of anilines is 1. The summed E-state index contributed by atoms with van der Waals surface area (Å²) >= 11 is 1.62. The zero-order valence-corrected chi connectivity index (χ0v) is 16.5. The molecule has 0 unspecified atom stereocenters. The van der Waals surface area contributed by atoms with Crippen LogP contribution in [0.4, 0.5) is 5.69 Å². The number of hydrogen-bond donors (Lipinski definition) is 2. The molecule has 144 valence electrons. The van der Waals surface area contributed by atoms with Crippen LogP contribution < -0.4 is 15.4 Å². The Morgan fingerprint density at radius 3 is 2.56 bits per heavy atom. The van der Waals surface area contributed by atoms with Gasteiger partial charge < -0.3 is 15.4 Å². The van der Waals surface area contributed by atoms with Crippen molar-refractivity contribution in [3.63, 3.8) is 0 Å². The average molecular weight is 387 g/mol. The Labute approximate surface area is 164 Å². The first-order chi connectivity index (χ1) is 13.2. The quantitative estimate of drug-likeness (QED) is 0.783. The fraction of sp³-hybridized carbons (Fsp3) is 0.429. The predicted octanol–water partition coefficient (Wildman–Crippen LogP) is 4.17. The first kappa shape index (κ1) is 19.4. The van der Waals surface area contributed by atoms with E-state index in [0.717, 1.165) is 17.7 Å². The van der Waals surface area contributed by atoms with Crippen molar-refractivity contribution in [3.8, 4) is 5.75 Å². The highest BCUT2D eigenvalue weighted by Crippen LogP contribution is 2.29. The maximum Gasteiger partial charge on any atom is 0.265 e. The molecule has 5 nitrogen and oxygen atoms in total. The van der Waals surface area contributed by atoms with Gasteiger partial charge in [0.1, 0.15) is 5.75 Å². The van der Waals surface area contributed by atoms with Gasteiger partial charge in [-0.15, -0.1) is 11.3 Å². The molecule has 1 aromatic carbocycles. The third kappa shape index (κ3) is 5.57. The van der Waals surface area contributed by atoms with Crippen LogP contribution >= 0.6 is 11.3 Å². The van der Waals surface area contributed by atoms with E-state index in [1.165, 1.54) is 36.1 Å². The van der Waals surface area contributed by atoms with Crippen LogP contribution in [0.25, 0.3) is 0 Å². The molecular formula is C21H26N2O3S. The lowest BCUT2D eigenvalue weighted by Crippen LogP contribution is -2.28. The van der Waals surface area contributed by atoms with Crippen LogP contribution in [0.3, 0.4) is 0 Å². The van der Waals surface area contributed by atoms with Crippen LogP contribution in [0.5, 0.6) is 5.75 Å². The molecule has 6 heteroatoms. The molecule has 2 N–H and O–H groups in total. The summed E-state index contributed by atoms with van der Waals surface area (Å²) < 4.78 is 5.42. The maximum atomic E-state index is 12.6. The lowest BCUT2D eigenvalue weighted by atomic mass is 10.00. The molecule has 3 rings (SSSR count). The molecule has 1 aliphatic carbocycles. The van der Waals surface area contributed by atoms with E-state index < -0.39 is 0 Å². The van der Waals surface area contributed by atoms with Crippen LogP contribution in [-0.4, -0.2) is 25.0 Å². The summed E-state index contributed by atoms with van der Waals surface area (Å²) in [5.41, 5.74) is 2.06. The molecule has 0 spiro atoms. The molecule has 0 fully saturated rings. The molecule has 2 amide bonds. The van der Waals surface area contributed by atoms with E-state index in [4.69, 9.17) is 4.74 Å². The number of benzene rings is 1. The highest BCUT2D eigenvalue weighted by molar-refractivity contribution is 7.14. The molecule has 0 atom stereocenters. The Bertz CT molecular complexity index is 758. The van der Waals surface area contributed by atoms with Crippen molar-refractivity contribution in [1.82, 2.24) is 5.32 Å². The minimum absolute atomic E-state index is 0.0136. The number of thiophene rings is 1. The summed E-state index contributed by atoms with van der Waals surface area (Å²) in [6, 6.07) is 9.14. The first-order valence-corrected chi connectivity index (χ1v) is 10.4. The number of ether oxygens (including phenoxy) is 1. The van der Waals surface area contributed by atoms with Crippen molar-refractivity contribution in [1.29, 1.82) is 0 Å². The van der Waals surface area contributed by atoms with Crippen LogP contribution in [0.2, 0.25) is 0 Å². The molecule has 1 aromatic heterocycles. The second-order valence-corrected chi connectivity index (χ2v) is 7.83. The second-order valence-electron chi connectivity index (χ2n) is 6.69. The number of fused-ring (bicyclic) bond motifs is 1. The summed E-state index contributed by atoms with van der Waals surface area (Å²) in [5, 5.41) is 5.63. The zero-order chi connectivity index (χ0) is 19.1. The fourth-order valence-electron chi connectivity index (χ4n) is 3.18. The van der Waals surface area contributed by atoms with Crippen LogP contribution in [0.1, 0.15) is 52.7 Å². The van der Waals surface area contributed by atoms with E-state index in [9.17, 15) is 9.59 Å². The topological polar surface area (TPSA) is 67.4 Å². The molecule has 27 heavy (non-hydrogen) atoms. The lowest BCUT2D eigenvalue weighted by Gasteiger charge is -2.08. The Hall–Kier alpha value is -2.34. The maximum absolute atomic E-state index is 12.6. The second kappa shape index (κ2) is 9.55. The molecule has 0 saturated heterocycles. The Kier molecular flexibility index (Phi) is 6.87. The van der Waals surface area contributed by atoms with Crippen molar-refractivity contribution in [2.75, 3.05) is 18.5 Å². The number of aryl methyl sites for hydroxylation is 2. The van der Waals surface area contributed by atoms with Crippen molar-refractivity contribution in [3.05, 3.63) is 45.6 Å². The third-order valence-corrected chi connectivity index (χ3v) is 5.81. The molecule has 0 aliphatic heterocycles. The van der Waals surface area contributed by atoms with Crippen LogP contribution in [0.15, 0.2) is 30.3 Å². The van der Waals surface area contributed by atoms with E-state index in [2.05, 4.69) is 16.7 Å². The molecule has 1 aliphatic rings. The van der Waals surface area contributed by atoms with Gasteiger partial charge in [0.25, 0.3) is 11.8 Å². The van der Waals surface area contributed by atoms with Gasteiger partial charge in [-0.3, -0.25) is 9.59 Å². The zero-order valence-electron chi connectivity index (χ0n) is 15.7. The van der Waals surface area contributed by atoms with Crippen LogP contribution in [-0.2, 0) is 17.6 Å². The summed E-state index contributed by atoms with van der Waals surface area (Å²) in [5.74, 6) is 0.379. The van der Waals surface area contributed by atoms with Gasteiger partial charge in [-0.2, -0.15) is 0 Å². The molecule has 0 saturated carbocycles. The van der Waals surface area contributed by atoms with E-state index in [0.29, 0.717) is 18.0 Å². The number of likely N-dealkylation sites (N-methyl/N-ethyl adjacent to an activating group) is 1. The minimum atomic E-state index is -0.150. The molecule has 0 bridgehead atoms. The van der Waals surface area contributed by atoms with Gasteiger partial charge in [-0.25, -0.2) is 0 Å².